The van der Waals surface area contributed by atoms with E-state index in [-0.39, 0.29) is 0 Å². The predicted octanol–water partition coefficient (Wildman–Crippen LogP) is 5.82. The summed E-state index contributed by atoms with van der Waals surface area (Å²) in [4.78, 5) is 9.14. The Morgan fingerprint density at radius 3 is 2.24 bits per heavy atom. The molecule has 0 aliphatic rings. The van der Waals surface area contributed by atoms with E-state index in [1.165, 1.54) is 5.56 Å². The summed E-state index contributed by atoms with van der Waals surface area (Å²) in [6.07, 6.45) is 3.91. The molecule has 1 aromatic carbocycles. The van der Waals surface area contributed by atoms with Gasteiger partial charge in [-0.05, 0) is 57.7 Å². The van der Waals surface area contributed by atoms with E-state index in [1.54, 1.807) is 0 Å². The van der Waals surface area contributed by atoms with Crippen molar-refractivity contribution in [1.29, 1.82) is 0 Å². The Morgan fingerprint density at radius 1 is 1.00 bits per heavy atom. The molecular formula is C21H27N3O. The molecule has 0 saturated heterocycles. The fraction of sp³-hybridized carbons (Fsp3) is 0.429. The second-order valence-corrected chi connectivity index (χ2v) is 6.88. The second-order valence-electron chi connectivity index (χ2n) is 6.88. The minimum atomic E-state index is 0.355. The number of aromatic nitrogens is 3. The summed E-state index contributed by atoms with van der Waals surface area (Å²) in [7, 11) is 0. The molecule has 0 saturated carbocycles. The standard InChI is InChI=1S/C21H27N3O/c1-7-17(8-2)24-19-11-16(6)22-12-18(19)23-21(24)25-20-14(4)9-13(3)10-15(20)5/h9-12,17H,7-8H2,1-6H3. The number of hydrogen-bond donors (Lipinski definition) is 0. The number of aryl methyl sites for hydroxylation is 4. The first kappa shape index (κ1) is 17.5. The smallest absolute Gasteiger partial charge is 0.303 e. The Kier molecular flexibility index (Phi) is 4.80. The topological polar surface area (TPSA) is 39.9 Å². The lowest BCUT2D eigenvalue weighted by Crippen LogP contribution is -2.09. The first-order valence-corrected chi connectivity index (χ1v) is 9.04. The predicted molar refractivity (Wildman–Crippen MR) is 103 cm³/mol. The van der Waals surface area contributed by atoms with E-state index in [0.717, 1.165) is 46.4 Å². The quantitative estimate of drug-likeness (QED) is 0.589. The Hall–Kier alpha value is -2.36. The van der Waals surface area contributed by atoms with Gasteiger partial charge < -0.3 is 4.74 Å². The number of benzene rings is 1. The molecule has 2 heterocycles. The van der Waals surface area contributed by atoms with Gasteiger partial charge in [-0.3, -0.25) is 9.55 Å². The Morgan fingerprint density at radius 2 is 1.64 bits per heavy atom. The molecule has 0 fully saturated rings. The molecule has 132 valence electrons. The van der Waals surface area contributed by atoms with Crippen LogP contribution in [0, 0.1) is 27.7 Å². The number of hydrogen-bond acceptors (Lipinski definition) is 3. The van der Waals surface area contributed by atoms with Crippen molar-refractivity contribution in [2.45, 2.75) is 60.4 Å². The van der Waals surface area contributed by atoms with Crippen molar-refractivity contribution in [2.24, 2.45) is 0 Å². The zero-order valence-corrected chi connectivity index (χ0v) is 16.1. The molecular weight excluding hydrogens is 310 g/mol. The van der Waals surface area contributed by atoms with E-state index in [9.17, 15) is 0 Å². The summed E-state index contributed by atoms with van der Waals surface area (Å²) in [6, 6.07) is 7.41. The first-order chi connectivity index (χ1) is 11.9. The zero-order valence-electron chi connectivity index (χ0n) is 16.1. The fourth-order valence-corrected chi connectivity index (χ4v) is 3.57. The van der Waals surface area contributed by atoms with Crippen LogP contribution in [0.25, 0.3) is 11.0 Å². The molecule has 4 heteroatoms. The van der Waals surface area contributed by atoms with Gasteiger partial charge in [0.25, 0.3) is 0 Å². The highest BCUT2D eigenvalue weighted by atomic mass is 16.5. The summed E-state index contributed by atoms with van der Waals surface area (Å²) in [5.41, 5.74) is 6.49. The monoisotopic (exact) mass is 337 g/mol. The molecule has 0 aliphatic heterocycles. The van der Waals surface area contributed by atoms with Gasteiger partial charge in [-0.25, -0.2) is 0 Å². The second kappa shape index (κ2) is 6.87. The average Bonchev–Trinajstić information content (AvgIpc) is 2.90. The Balaban J connectivity index is 2.17. The summed E-state index contributed by atoms with van der Waals surface area (Å²) in [5, 5.41) is 0. The van der Waals surface area contributed by atoms with Crippen LogP contribution >= 0.6 is 0 Å². The molecule has 25 heavy (non-hydrogen) atoms. The third-order valence-corrected chi connectivity index (χ3v) is 4.79. The van der Waals surface area contributed by atoms with Gasteiger partial charge in [0.15, 0.2) is 0 Å². The molecule has 0 spiro atoms. The van der Waals surface area contributed by atoms with Crippen LogP contribution in [0.3, 0.4) is 0 Å². The Labute approximate surface area is 149 Å². The van der Waals surface area contributed by atoms with Gasteiger partial charge in [-0.15, -0.1) is 0 Å². The molecule has 0 amide bonds. The van der Waals surface area contributed by atoms with Crippen molar-refractivity contribution in [1.82, 2.24) is 14.5 Å². The summed E-state index contributed by atoms with van der Waals surface area (Å²) in [6.45, 7) is 12.7. The number of nitrogens with zero attached hydrogens (tertiary/aromatic N) is 3. The number of fused-ring (bicyclic) bond motifs is 1. The van der Waals surface area contributed by atoms with E-state index < -0.39 is 0 Å². The SMILES string of the molecule is CCC(CC)n1c(Oc2c(C)cc(C)cc2C)nc2cnc(C)cc21. The van der Waals surface area contributed by atoms with Crippen LogP contribution in [0.1, 0.15) is 55.1 Å². The van der Waals surface area contributed by atoms with Gasteiger partial charge in [0.05, 0.1) is 11.7 Å². The number of pyridine rings is 1. The van der Waals surface area contributed by atoms with Crippen LogP contribution in [0.15, 0.2) is 24.4 Å². The largest absolute Gasteiger partial charge is 0.425 e. The van der Waals surface area contributed by atoms with Gasteiger partial charge in [-0.1, -0.05) is 31.5 Å². The molecule has 0 bridgehead atoms. The highest BCUT2D eigenvalue weighted by molar-refractivity contribution is 5.76. The van der Waals surface area contributed by atoms with Gasteiger partial charge in [0.2, 0.25) is 0 Å². The average molecular weight is 337 g/mol. The van der Waals surface area contributed by atoms with Crippen LogP contribution in [0.4, 0.5) is 0 Å². The van der Waals surface area contributed by atoms with Crippen molar-refractivity contribution < 1.29 is 4.74 Å². The van der Waals surface area contributed by atoms with Crippen LogP contribution in [-0.4, -0.2) is 14.5 Å². The van der Waals surface area contributed by atoms with Crippen LogP contribution in [0.5, 0.6) is 11.8 Å². The molecule has 0 atom stereocenters. The molecule has 3 rings (SSSR count). The lowest BCUT2D eigenvalue weighted by atomic mass is 10.1. The van der Waals surface area contributed by atoms with Gasteiger partial charge in [0, 0.05) is 11.7 Å². The summed E-state index contributed by atoms with van der Waals surface area (Å²) < 4.78 is 8.60. The maximum atomic E-state index is 6.36. The van der Waals surface area contributed by atoms with Gasteiger partial charge >= 0.3 is 6.01 Å². The van der Waals surface area contributed by atoms with E-state index in [4.69, 9.17) is 9.72 Å². The first-order valence-electron chi connectivity index (χ1n) is 9.04. The van der Waals surface area contributed by atoms with Crippen LogP contribution in [-0.2, 0) is 0 Å². The number of rotatable bonds is 5. The van der Waals surface area contributed by atoms with E-state index in [1.807, 2.05) is 13.1 Å². The molecule has 0 radical (unpaired) electrons. The number of ether oxygens (including phenoxy) is 1. The van der Waals surface area contributed by atoms with Crippen molar-refractivity contribution in [3.63, 3.8) is 0 Å². The van der Waals surface area contributed by atoms with Gasteiger partial charge in [0.1, 0.15) is 11.3 Å². The number of imidazole rings is 1. The van der Waals surface area contributed by atoms with Crippen molar-refractivity contribution in [2.75, 3.05) is 0 Å². The third-order valence-electron chi connectivity index (χ3n) is 4.79. The molecule has 2 aromatic heterocycles. The van der Waals surface area contributed by atoms with Crippen LogP contribution < -0.4 is 4.74 Å². The van der Waals surface area contributed by atoms with Gasteiger partial charge in [-0.2, -0.15) is 4.98 Å². The highest BCUT2D eigenvalue weighted by Gasteiger charge is 2.20. The van der Waals surface area contributed by atoms with E-state index >= 15 is 0 Å². The van der Waals surface area contributed by atoms with Crippen molar-refractivity contribution in [3.8, 4) is 11.8 Å². The lowest BCUT2D eigenvalue weighted by molar-refractivity contribution is 0.369. The van der Waals surface area contributed by atoms with Crippen molar-refractivity contribution in [3.05, 3.63) is 46.8 Å². The maximum Gasteiger partial charge on any atom is 0.303 e. The normalized spacial score (nSPS) is 11.5. The summed E-state index contributed by atoms with van der Waals surface area (Å²) >= 11 is 0. The van der Waals surface area contributed by atoms with Crippen LogP contribution in [0.2, 0.25) is 0 Å². The Bertz CT molecular complexity index is 884. The van der Waals surface area contributed by atoms with E-state index in [0.29, 0.717) is 12.1 Å². The molecule has 4 nitrogen and oxygen atoms in total. The lowest BCUT2D eigenvalue weighted by Gasteiger charge is -2.20. The molecule has 3 aromatic rings. The fourth-order valence-electron chi connectivity index (χ4n) is 3.57. The van der Waals surface area contributed by atoms with E-state index in [2.05, 4.69) is 62.4 Å². The molecule has 0 aliphatic carbocycles. The highest BCUT2D eigenvalue weighted by Crippen LogP contribution is 2.35. The minimum absolute atomic E-state index is 0.355. The minimum Gasteiger partial charge on any atom is -0.425 e. The zero-order chi connectivity index (χ0) is 18.1. The summed E-state index contributed by atoms with van der Waals surface area (Å²) in [5.74, 6) is 0.901. The molecule has 0 N–H and O–H groups in total. The molecule has 0 unspecified atom stereocenters. The third kappa shape index (κ3) is 3.26. The maximum absolute atomic E-state index is 6.36. The van der Waals surface area contributed by atoms with Crippen molar-refractivity contribution >= 4 is 11.0 Å².